The molecule has 0 saturated heterocycles. The first-order chi connectivity index (χ1) is 9.94. The standard InChI is InChI=1S/C14H17ClN2O2S2/c1-3-16-9-11-7-8-14(20-11)21(18,19)17-13-6-4-5-12(15)10(13)2/h4-8,16-17H,3,9H2,1-2H3. The molecule has 4 nitrogen and oxygen atoms in total. The molecule has 21 heavy (non-hydrogen) atoms. The van der Waals surface area contributed by atoms with Crippen LogP contribution in [-0.2, 0) is 16.6 Å². The summed E-state index contributed by atoms with van der Waals surface area (Å²) < 4.78 is 27.7. The summed E-state index contributed by atoms with van der Waals surface area (Å²) in [5.74, 6) is 0. The highest BCUT2D eigenvalue weighted by Crippen LogP contribution is 2.28. The van der Waals surface area contributed by atoms with Gasteiger partial charge in [-0.25, -0.2) is 8.42 Å². The van der Waals surface area contributed by atoms with Gasteiger partial charge in [-0.2, -0.15) is 0 Å². The van der Waals surface area contributed by atoms with E-state index in [-0.39, 0.29) is 0 Å². The number of rotatable bonds is 6. The van der Waals surface area contributed by atoms with E-state index < -0.39 is 10.0 Å². The van der Waals surface area contributed by atoms with Crippen molar-refractivity contribution in [2.75, 3.05) is 11.3 Å². The quantitative estimate of drug-likeness (QED) is 0.841. The summed E-state index contributed by atoms with van der Waals surface area (Å²) in [7, 11) is -3.57. The van der Waals surface area contributed by atoms with Crippen LogP contribution in [-0.4, -0.2) is 15.0 Å². The second-order valence-electron chi connectivity index (χ2n) is 4.52. The Morgan fingerprint density at radius 3 is 2.71 bits per heavy atom. The Morgan fingerprint density at radius 2 is 2.00 bits per heavy atom. The third kappa shape index (κ3) is 3.97. The molecule has 7 heteroatoms. The van der Waals surface area contributed by atoms with Gasteiger partial charge in [0.1, 0.15) is 4.21 Å². The predicted molar refractivity (Wildman–Crippen MR) is 88.7 cm³/mol. The van der Waals surface area contributed by atoms with E-state index in [1.807, 2.05) is 13.0 Å². The zero-order valence-corrected chi connectivity index (χ0v) is 14.2. The fourth-order valence-corrected chi connectivity index (χ4v) is 4.38. The maximum atomic E-state index is 12.4. The molecule has 0 unspecified atom stereocenters. The second-order valence-corrected chi connectivity index (χ2v) is 8.00. The Hall–Kier alpha value is -1.08. The summed E-state index contributed by atoms with van der Waals surface area (Å²) in [6, 6.07) is 8.60. The molecular weight excluding hydrogens is 328 g/mol. The van der Waals surface area contributed by atoms with Gasteiger partial charge in [0, 0.05) is 16.4 Å². The lowest BCUT2D eigenvalue weighted by atomic mass is 10.2. The molecule has 1 aromatic heterocycles. The van der Waals surface area contributed by atoms with Crippen molar-refractivity contribution in [3.8, 4) is 0 Å². The van der Waals surface area contributed by atoms with E-state index in [0.29, 0.717) is 27.0 Å². The van der Waals surface area contributed by atoms with Crippen molar-refractivity contribution in [3.63, 3.8) is 0 Å². The zero-order chi connectivity index (χ0) is 15.5. The number of anilines is 1. The van der Waals surface area contributed by atoms with Crippen molar-refractivity contribution in [1.29, 1.82) is 0 Å². The fraction of sp³-hybridized carbons (Fsp3) is 0.286. The molecule has 2 aromatic rings. The molecule has 0 amide bonds. The van der Waals surface area contributed by atoms with Gasteiger partial charge in [-0.3, -0.25) is 4.72 Å². The molecule has 1 aromatic carbocycles. The summed E-state index contributed by atoms with van der Waals surface area (Å²) in [4.78, 5) is 0.986. The topological polar surface area (TPSA) is 58.2 Å². The first kappa shape index (κ1) is 16.3. The van der Waals surface area contributed by atoms with Gasteiger partial charge < -0.3 is 5.32 Å². The van der Waals surface area contributed by atoms with Gasteiger partial charge in [0.25, 0.3) is 10.0 Å². The molecule has 0 atom stereocenters. The highest BCUT2D eigenvalue weighted by molar-refractivity contribution is 7.94. The molecule has 0 aliphatic rings. The summed E-state index contributed by atoms with van der Waals surface area (Å²) in [6.07, 6.45) is 0. The van der Waals surface area contributed by atoms with Gasteiger partial charge in [0.2, 0.25) is 0 Å². The van der Waals surface area contributed by atoms with Crippen LogP contribution < -0.4 is 10.0 Å². The summed E-state index contributed by atoms with van der Waals surface area (Å²) in [5, 5.41) is 3.71. The molecule has 0 fully saturated rings. The maximum Gasteiger partial charge on any atom is 0.271 e. The summed E-state index contributed by atoms with van der Waals surface area (Å²) in [6.45, 7) is 5.31. The zero-order valence-electron chi connectivity index (χ0n) is 11.8. The van der Waals surface area contributed by atoms with Gasteiger partial charge in [0.05, 0.1) is 5.69 Å². The Kier molecular flexibility index (Phi) is 5.27. The summed E-state index contributed by atoms with van der Waals surface area (Å²) >= 11 is 7.27. The molecule has 0 saturated carbocycles. The molecule has 0 spiro atoms. The molecule has 2 rings (SSSR count). The van der Waals surface area contributed by atoms with E-state index in [0.717, 1.165) is 11.4 Å². The van der Waals surface area contributed by atoms with Crippen LogP contribution in [0.2, 0.25) is 5.02 Å². The van der Waals surface area contributed by atoms with E-state index in [9.17, 15) is 8.42 Å². The van der Waals surface area contributed by atoms with Crippen molar-refractivity contribution in [3.05, 3.63) is 45.8 Å². The lowest BCUT2D eigenvalue weighted by Crippen LogP contribution is -2.12. The number of thiophene rings is 1. The van der Waals surface area contributed by atoms with Crippen LogP contribution >= 0.6 is 22.9 Å². The van der Waals surface area contributed by atoms with Gasteiger partial charge in [-0.05, 0) is 43.3 Å². The van der Waals surface area contributed by atoms with Crippen LogP contribution in [0.15, 0.2) is 34.5 Å². The first-order valence-electron chi connectivity index (χ1n) is 6.51. The van der Waals surface area contributed by atoms with Crippen LogP contribution in [0.4, 0.5) is 5.69 Å². The van der Waals surface area contributed by atoms with E-state index in [4.69, 9.17) is 11.6 Å². The third-order valence-corrected chi connectivity index (χ3v) is 6.32. The normalized spacial score (nSPS) is 11.6. The average molecular weight is 345 g/mol. The lowest BCUT2D eigenvalue weighted by molar-refractivity contribution is 0.603. The Balaban J connectivity index is 2.22. The molecular formula is C14H17ClN2O2S2. The highest BCUT2D eigenvalue weighted by Gasteiger charge is 2.18. The minimum absolute atomic E-state index is 0.301. The van der Waals surface area contributed by atoms with Crippen molar-refractivity contribution in [2.45, 2.75) is 24.6 Å². The minimum Gasteiger partial charge on any atom is -0.312 e. The van der Waals surface area contributed by atoms with Crippen LogP contribution in [0.1, 0.15) is 17.4 Å². The van der Waals surface area contributed by atoms with E-state index >= 15 is 0 Å². The van der Waals surface area contributed by atoms with Crippen molar-refractivity contribution < 1.29 is 8.42 Å². The van der Waals surface area contributed by atoms with Crippen LogP contribution in [0.5, 0.6) is 0 Å². The van der Waals surface area contributed by atoms with Gasteiger partial charge in [0.15, 0.2) is 0 Å². The van der Waals surface area contributed by atoms with E-state index in [2.05, 4.69) is 10.0 Å². The van der Waals surface area contributed by atoms with Crippen molar-refractivity contribution >= 4 is 38.6 Å². The lowest BCUT2D eigenvalue weighted by Gasteiger charge is -2.10. The van der Waals surface area contributed by atoms with Gasteiger partial charge >= 0.3 is 0 Å². The second kappa shape index (κ2) is 6.79. The highest BCUT2D eigenvalue weighted by atomic mass is 35.5. The fourth-order valence-electron chi connectivity index (χ4n) is 1.76. The van der Waals surface area contributed by atoms with Gasteiger partial charge in [-0.1, -0.05) is 24.6 Å². The Bertz CT molecular complexity index is 726. The number of halogens is 1. The molecule has 114 valence electrons. The van der Waals surface area contributed by atoms with Crippen LogP contribution in [0, 0.1) is 6.92 Å². The third-order valence-electron chi connectivity index (χ3n) is 2.96. The number of hydrogen-bond acceptors (Lipinski definition) is 4. The smallest absolute Gasteiger partial charge is 0.271 e. The largest absolute Gasteiger partial charge is 0.312 e. The molecule has 0 radical (unpaired) electrons. The molecule has 1 heterocycles. The SMILES string of the molecule is CCNCc1ccc(S(=O)(=O)Nc2cccc(Cl)c2C)s1. The van der Waals surface area contributed by atoms with E-state index in [1.165, 1.54) is 11.3 Å². The maximum absolute atomic E-state index is 12.4. The van der Waals surface area contributed by atoms with Gasteiger partial charge in [-0.15, -0.1) is 11.3 Å². The average Bonchev–Trinajstić information content (AvgIpc) is 2.91. The number of benzene rings is 1. The molecule has 0 aliphatic heterocycles. The Labute approximate surface area is 134 Å². The van der Waals surface area contributed by atoms with Crippen molar-refractivity contribution in [2.24, 2.45) is 0 Å². The number of nitrogens with one attached hydrogen (secondary N) is 2. The first-order valence-corrected chi connectivity index (χ1v) is 9.19. The van der Waals surface area contributed by atoms with E-state index in [1.54, 1.807) is 31.2 Å². The predicted octanol–water partition coefficient (Wildman–Crippen LogP) is 3.62. The number of hydrogen-bond donors (Lipinski definition) is 2. The van der Waals surface area contributed by atoms with Crippen LogP contribution in [0.3, 0.4) is 0 Å². The van der Waals surface area contributed by atoms with Crippen LogP contribution in [0.25, 0.3) is 0 Å². The Morgan fingerprint density at radius 1 is 1.24 bits per heavy atom. The number of sulfonamides is 1. The summed E-state index contributed by atoms with van der Waals surface area (Å²) in [5.41, 5.74) is 1.22. The molecule has 0 aliphatic carbocycles. The molecule has 2 N–H and O–H groups in total. The monoisotopic (exact) mass is 344 g/mol. The minimum atomic E-state index is -3.57. The molecule has 0 bridgehead atoms. The van der Waals surface area contributed by atoms with Crippen molar-refractivity contribution in [1.82, 2.24) is 5.32 Å².